The molecule has 1 atom stereocenters. The summed E-state index contributed by atoms with van der Waals surface area (Å²) < 4.78 is 7.02. The van der Waals surface area contributed by atoms with E-state index in [9.17, 15) is 0 Å². The van der Waals surface area contributed by atoms with Crippen LogP contribution in [0.4, 0.5) is 5.95 Å². The van der Waals surface area contributed by atoms with Gasteiger partial charge in [0.2, 0.25) is 5.95 Å². The van der Waals surface area contributed by atoms with Crippen molar-refractivity contribution in [3.8, 4) is 0 Å². The molecule has 0 fully saturated rings. The van der Waals surface area contributed by atoms with Gasteiger partial charge < -0.3 is 20.4 Å². The molecular formula is C10H20N4O. The summed E-state index contributed by atoms with van der Waals surface area (Å²) in [5, 5.41) is 3.25. The zero-order valence-electron chi connectivity index (χ0n) is 9.44. The fourth-order valence-corrected chi connectivity index (χ4v) is 1.40. The zero-order valence-corrected chi connectivity index (χ0v) is 9.44. The number of aromatic nitrogens is 2. The van der Waals surface area contributed by atoms with Crippen LogP contribution in [-0.4, -0.2) is 35.9 Å². The molecule has 1 rings (SSSR count). The number of rotatable bonds is 7. The number of nitrogens with zero attached hydrogens (tertiary/aromatic N) is 2. The predicted octanol–water partition coefficient (Wildman–Crippen LogP) is 0.679. The third kappa shape index (κ3) is 3.89. The number of aryl methyl sites for hydroxylation is 1. The van der Waals surface area contributed by atoms with E-state index >= 15 is 0 Å². The number of hydrogen-bond donors (Lipinski definition) is 2. The van der Waals surface area contributed by atoms with E-state index in [1.54, 1.807) is 13.3 Å². The summed E-state index contributed by atoms with van der Waals surface area (Å²) in [4.78, 5) is 4.21. The molecule has 0 aliphatic heterocycles. The van der Waals surface area contributed by atoms with Gasteiger partial charge in [0.25, 0.3) is 0 Å². The SMILES string of the molecule is CCn1ccnc1NCCC(N)COC. The van der Waals surface area contributed by atoms with Crippen molar-refractivity contribution in [2.75, 3.05) is 25.6 Å². The van der Waals surface area contributed by atoms with E-state index in [2.05, 4.69) is 21.8 Å². The molecule has 0 aliphatic carbocycles. The van der Waals surface area contributed by atoms with Gasteiger partial charge >= 0.3 is 0 Å². The van der Waals surface area contributed by atoms with Gasteiger partial charge in [-0.3, -0.25) is 0 Å². The van der Waals surface area contributed by atoms with E-state index in [4.69, 9.17) is 10.5 Å². The lowest BCUT2D eigenvalue weighted by Crippen LogP contribution is -2.28. The maximum absolute atomic E-state index is 5.80. The molecule has 0 spiro atoms. The van der Waals surface area contributed by atoms with E-state index in [0.717, 1.165) is 25.5 Å². The second-order valence-corrected chi connectivity index (χ2v) is 3.47. The summed E-state index contributed by atoms with van der Waals surface area (Å²) in [7, 11) is 1.66. The van der Waals surface area contributed by atoms with Gasteiger partial charge in [-0.25, -0.2) is 4.98 Å². The second kappa shape index (κ2) is 6.42. The summed E-state index contributed by atoms with van der Waals surface area (Å²) in [5.74, 6) is 0.905. The minimum absolute atomic E-state index is 0.0903. The van der Waals surface area contributed by atoms with Crippen molar-refractivity contribution in [2.45, 2.75) is 25.9 Å². The lowest BCUT2D eigenvalue weighted by atomic mass is 10.2. The number of ether oxygens (including phenoxy) is 1. The Morgan fingerprint density at radius 2 is 2.47 bits per heavy atom. The Morgan fingerprint density at radius 3 is 3.13 bits per heavy atom. The van der Waals surface area contributed by atoms with Gasteiger partial charge in [-0.2, -0.15) is 0 Å². The minimum Gasteiger partial charge on any atom is -0.383 e. The van der Waals surface area contributed by atoms with Crippen LogP contribution in [0, 0.1) is 0 Å². The van der Waals surface area contributed by atoms with Crippen LogP contribution in [0.25, 0.3) is 0 Å². The molecule has 5 nitrogen and oxygen atoms in total. The predicted molar refractivity (Wildman–Crippen MR) is 60.9 cm³/mol. The summed E-state index contributed by atoms with van der Waals surface area (Å²) in [6, 6.07) is 0.0903. The first kappa shape index (κ1) is 12.0. The number of nitrogens with one attached hydrogen (secondary N) is 1. The Kier molecular flexibility index (Phi) is 5.14. The number of methoxy groups -OCH3 is 1. The van der Waals surface area contributed by atoms with Gasteiger partial charge in [-0.05, 0) is 13.3 Å². The van der Waals surface area contributed by atoms with Crippen LogP contribution in [0.15, 0.2) is 12.4 Å². The lowest BCUT2D eigenvalue weighted by molar-refractivity contribution is 0.178. The number of imidazole rings is 1. The smallest absolute Gasteiger partial charge is 0.202 e. The molecule has 15 heavy (non-hydrogen) atoms. The van der Waals surface area contributed by atoms with Crippen molar-refractivity contribution in [3.05, 3.63) is 12.4 Å². The maximum Gasteiger partial charge on any atom is 0.202 e. The van der Waals surface area contributed by atoms with Crippen molar-refractivity contribution in [2.24, 2.45) is 5.73 Å². The monoisotopic (exact) mass is 212 g/mol. The van der Waals surface area contributed by atoms with E-state index in [-0.39, 0.29) is 6.04 Å². The molecule has 0 radical (unpaired) electrons. The zero-order chi connectivity index (χ0) is 11.1. The van der Waals surface area contributed by atoms with E-state index in [0.29, 0.717) is 6.61 Å². The highest BCUT2D eigenvalue weighted by atomic mass is 16.5. The molecule has 0 saturated heterocycles. The number of nitrogens with two attached hydrogens (primary N) is 1. The maximum atomic E-state index is 5.80. The first-order valence-corrected chi connectivity index (χ1v) is 5.27. The molecule has 3 N–H and O–H groups in total. The average Bonchev–Trinajstić information content (AvgIpc) is 2.66. The minimum atomic E-state index is 0.0903. The van der Waals surface area contributed by atoms with E-state index in [1.165, 1.54) is 0 Å². The third-order valence-corrected chi connectivity index (χ3v) is 2.24. The Balaban J connectivity index is 2.25. The van der Waals surface area contributed by atoms with Crippen LogP contribution in [0.1, 0.15) is 13.3 Å². The molecule has 5 heteroatoms. The van der Waals surface area contributed by atoms with Crippen LogP contribution >= 0.6 is 0 Å². The largest absolute Gasteiger partial charge is 0.383 e. The quantitative estimate of drug-likeness (QED) is 0.697. The molecule has 1 aromatic rings. The van der Waals surface area contributed by atoms with Crippen LogP contribution in [0.2, 0.25) is 0 Å². The molecule has 1 aromatic heterocycles. The molecule has 0 aliphatic rings. The highest BCUT2D eigenvalue weighted by molar-refractivity contribution is 5.25. The fourth-order valence-electron chi connectivity index (χ4n) is 1.40. The van der Waals surface area contributed by atoms with Crippen molar-refractivity contribution in [3.63, 3.8) is 0 Å². The molecule has 1 unspecified atom stereocenters. The van der Waals surface area contributed by atoms with Gasteiger partial charge in [0.15, 0.2) is 0 Å². The normalized spacial score (nSPS) is 12.7. The van der Waals surface area contributed by atoms with Crippen LogP contribution in [-0.2, 0) is 11.3 Å². The Labute approximate surface area is 90.6 Å². The van der Waals surface area contributed by atoms with Gasteiger partial charge in [-0.15, -0.1) is 0 Å². The molecule has 0 bridgehead atoms. The average molecular weight is 212 g/mol. The van der Waals surface area contributed by atoms with Crippen molar-refractivity contribution < 1.29 is 4.74 Å². The fraction of sp³-hybridized carbons (Fsp3) is 0.700. The molecule has 1 heterocycles. The molecule has 0 saturated carbocycles. The van der Waals surface area contributed by atoms with Crippen molar-refractivity contribution >= 4 is 5.95 Å². The highest BCUT2D eigenvalue weighted by Gasteiger charge is 2.03. The summed E-state index contributed by atoms with van der Waals surface area (Å²) in [5.41, 5.74) is 5.80. The van der Waals surface area contributed by atoms with E-state index in [1.807, 2.05) is 6.20 Å². The van der Waals surface area contributed by atoms with Crippen LogP contribution in [0.5, 0.6) is 0 Å². The van der Waals surface area contributed by atoms with Gasteiger partial charge in [0.1, 0.15) is 0 Å². The number of anilines is 1. The third-order valence-electron chi connectivity index (χ3n) is 2.24. The summed E-state index contributed by atoms with van der Waals surface area (Å²) in [6.45, 7) is 4.43. The van der Waals surface area contributed by atoms with E-state index < -0.39 is 0 Å². The van der Waals surface area contributed by atoms with Gasteiger partial charge in [0.05, 0.1) is 6.61 Å². The topological polar surface area (TPSA) is 65.1 Å². The first-order chi connectivity index (χ1) is 7.27. The van der Waals surface area contributed by atoms with Crippen LogP contribution < -0.4 is 11.1 Å². The summed E-state index contributed by atoms with van der Waals surface area (Å²) >= 11 is 0. The molecular weight excluding hydrogens is 192 g/mol. The Bertz CT molecular complexity index is 274. The van der Waals surface area contributed by atoms with Crippen molar-refractivity contribution in [1.82, 2.24) is 9.55 Å². The lowest BCUT2D eigenvalue weighted by Gasteiger charge is -2.11. The summed E-state index contributed by atoms with van der Waals surface area (Å²) in [6.07, 6.45) is 4.63. The highest BCUT2D eigenvalue weighted by Crippen LogP contribution is 2.03. The molecule has 0 aromatic carbocycles. The van der Waals surface area contributed by atoms with Crippen molar-refractivity contribution in [1.29, 1.82) is 0 Å². The van der Waals surface area contributed by atoms with Gasteiger partial charge in [-0.1, -0.05) is 0 Å². The Hall–Kier alpha value is -1.07. The number of hydrogen-bond acceptors (Lipinski definition) is 4. The first-order valence-electron chi connectivity index (χ1n) is 5.27. The van der Waals surface area contributed by atoms with Crippen LogP contribution in [0.3, 0.4) is 0 Å². The second-order valence-electron chi connectivity index (χ2n) is 3.47. The molecule has 0 amide bonds. The van der Waals surface area contributed by atoms with Gasteiger partial charge in [0, 0.05) is 38.6 Å². The standard InChI is InChI=1S/C10H20N4O/c1-3-14-7-6-13-10(14)12-5-4-9(11)8-15-2/h6-7,9H,3-5,8,11H2,1-2H3,(H,12,13). The molecule has 86 valence electrons. The Morgan fingerprint density at radius 1 is 1.67 bits per heavy atom.